The molecule has 39 heavy (non-hydrogen) atoms. The molecule has 1 aliphatic rings. The zero-order valence-corrected chi connectivity index (χ0v) is 22.9. The first-order valence-corrected chi connectivity index (χ1v) is 12.9. The van der Waals surface area contributed by atoms with E-state index in [4.69, 9.17) is 32.7 Å². The maximum atomic E-state index is 13.4. The molecule has 0 radical (unpaired) electrons. The number of ether oxygens (including phenoxy) is 2. The molecule has 0 aliphatic carbocycles. The number of carbonyl (C=O) groups is 3. The number of anilines is 1. The monoisotopic (exact) mass is 564 g/mol. The minimum Gasteiger partial charge on any atom is -0.490 e. The predicted molar refractivity (Wildman–Crippen MR) is 152 cm³/mol. The number of hydrogen-bond acceptors (Lipinski definition) is 5. The quantitative estimate of drug-likeness (QED) is 0.178. The van der Waals surface area contributed by atoms with Crippen molar-refractivity contribution in [1.82, 2.24) is 5.32 Å². The topological polar surface area (TPSA) is 84.9 Å². The van der Waals surface area contributed by atoms with Gasteiger partial charge in [-0.15, -0.1) is 6.58 Å². The van der Waals surface area contributed by atoms with E-state index in [0.717, 1.165) is 16.0 Å². The molecule has 4 amide bonds. The van der Waals surface area contributed by atoms with Crippen LogP contribution in [0.5, 0.6) is 11.5 Å². The van der Waals surface area contributed by atoms with E-state index < -0.39 is 17.8 Å². The number of barbiturate groups is 1. The summed E-state index contributed by atoms with van der Waals surface area (Å²) in [7, 11) is 0. The molecule has 1 fully saturated rings. The SMILES string of the molecule is C=CCc1cc(/C=C2\C(=O)NC(=O)N(c3ccccc3C)C2=O)cc(OCC)c1OCc1ccc(Cl)c(Cl)c1. The smallest absolute Gasteiger partial charge is 0.335 e. The van der Waals surface area contributed by atoms with E-state index in [2.05, 4.69) is 11.9 Å². The van der Waals surface area contributed by atoms with Crippen LogP contribution in [-0.4, -0.2) is 24.5 Å². The summed E-state index contributed by atoms with van der Waals surface area (Å²) < 4.78 is 12.0. The van der Waals surface area contributed by atoms with Crippen LogP contribution in [0.15, 0.2) is 72.8 Å². The third kappa shape index (κ3) is 6.16. The number of hydrogen-bond donors (Lipinski definition) is 1. The lowest BCUT2D eigenvalue weighted by atomic mass is 10.0. The van der Waals surface area contributed by atoms with Gasteiger partial charge in [0, 0.05) is 5.56 Å². The number of urea groups is 1. The minimum atomic E-state index is -0.801. The highest BCUT2D eigenvalue weighted by atomic mass is 35.5. The van der Waals surface area contributed by atoms with Crippen molar-refractivity contribution in [1.29, 1.82) is 0 Å². The second-order valence-electron chi connectivity index (χ2n) is 8.71. The Morgan fingerprint density at radius 1 is 1.00 bits per heavy atom. The van der Waals surface area contributed by atoms with Crippen LogP contribution in [0, 0.1) is 6.92 Å². The van der Waals surface area contributed by atoms with Gasteiger partial charge in [0.25, 0.3) is 11.8 Å². The fraction of sp³-hybridized carbons (Fsp3) is 0.167. The standard InChI is InChI=1S/C30H26Cl2N2O5/c1-4-8-21-13-20(16-26(38-5-2)27(21)39-17-19-11-12-23(31)24(32)15-19)14-22-28(35)33-30(37)34(29(22)36)25-10-7-6-9-18(25)3/h4,6-7,9-16H,1,5,8,17H2,2-3H3,(H,33,35,37)/b22-14+. The second-order valence-corrected chi connectivity index (χ2v) is 9.53. The average Bonchev–Trinajstić information content (AvgIpc) is 2.89. The Balaban J connectivity index is 1.72. The van der Waals surface area contributed by atoms with Crippen LogP contribution in [0.4, 0.5) is 10.5 Å². The van der Waals surface area contributed by atoms with Gasteiger partial charge in [-0.25, -0.2) is 9.69 Å². The summed E-state index contributed by atoms with van der Waals surface area (Å²) in [5.41, 5.74) is 2.99. The molecule has 0 bridgehead atoms. The summed E-state index contributed by atoms with van der Waals surface area (Å²) in [6.45, 7) is 8.01. The highest BCUT2D eigenvalue weighted by Crippen LogP contribution is 2.36. The number of para-hydroxylation sites is 1. The zero-order valence-electron chi connectivity index (χ0n) is 21.4. The Bertz CT molecular complexity index is 1500. The van der Waals surface area contributed by atoms with Crippen molar-refractivity contribution >= 4 is 52.8 Å². The number of nitrogens with zero attached hydrogens (tertiary/aromatic N) is 1. The van der Waals surface area contributed by atoms with Gasteiger partial charge in [-0.2, -0.15) is 0 Å². The number of carbonyl (C=O) groups excluding carboxylic acids is 3. The van der Waals surface area contributed by atoms with Gasteiger partial charge < -0.3 is 9.47 Å². The lowest BCUT2D eigenvalue weighted by Crippen LogP contribution is -2.54. The van der Waals surface area contributed by atoms with Crippen LogP contribution < -0.4 is 19.7 Å². The van der Waals surface area contributed by atoms with Gasteiger partial charge >= 0.3 is 6.03 Å². The first-order valence-electron chi connectivity index (χ1n) is 12.2. The molecule has 4 rings (SSSR count). The van der Waals surface area contributed by atoms with E-state index in [1.165, 1.54) is 6.08 Å². The van der Waals surface area contributed by atoms with Gasteiger partial charge in [-0.05, 0) is 73.4 Å². The van der Waals surface area contributed by atoms with Crippen LogP contribution in [-0.2, 0) is 22.6 Å². The molecule has 0 spiro atoms. The van der Waals surface area contributed by atoms with E-state index in [9.17, 15) is 14.4 Å². The molecule has 1 heterocycles. The summed E-state index contributed by atoms with van der Waals surface area (Å²) in [5.74, 6) is -0.570. The Morgan fingerprint density at radius 3 is 2.46 bits per heavy atom. The van der Waals surface area contributed by atoms with E-state index in [1.54, 1.807) is 61.5 Å². The predicted octanol–water partition coefficient (Wildman–Crippen LogP) is 6.67. The number of allylic oxidation sites excluding steroid dienone is 1. The lowest BCUT2D eigenvalue weighted by molar-refractivity contribution is -0.122. The van der Waals surface area contributed by atoms with Crippen LogP contribution in [0.25, 0.3) is 6.08 Å². The van der Waals surface area contributed by atoms with Crippen LogP contribution in [0.1, 0.15) is 29.2 Å². The van der Waals surface area contributed by atoms with E-state index >= 15 is 0 Å². The number of rotatable bonds is 9. The third-order valence-corrected chi connectivity index (χ3v) is 6.69. The Hall–Kier alpha value is -4.07. The number of halogens is 2. The van der Waals surface area contributed by atoms with Gasteiger partial charge in [0.1, 0.15) is 12.2 Å². The molecular weight excluding hydrogens is 539 g/mol. The average molecular weight is 565 g/mol. The molecule has 0 unspecified atom stereocenters. The number of aryl methyl sites for hydroxylation is 1. The third-order valence-electron chi connectivity index (χ3n) is 5.95. The fourth-order valence-electron chi connectivity index (χ4n) is 4.14. The van der Waals surface area contributed by atoms with Gasteiger partial charge in [0.2, 0.25) is 0 Å². The summed E-state index contributed by atoms with van der Waals surface area (Å²) in [5, 5.41) is 3.13. The maximum Gasteiger partial charge on any atom is 0.335 e. The molecule has 0 saturated carbocycles. The van der Waals surface area contributed by atoms with Crippen molar-refractivity contribution in [2.75, 3.05) is 11.5 Å². The van der Waals surface area contributed by atoms with Crippen molar-refractivity contribution in [2.45, 2.75) is 26.9 Å². The van der Waals surface area contributed by atoms with E-state index in [-0.39, 0.29) is 12.2 Å². The molecular formula is C30H26Cl2N2O5. The molecule has 9 heteroatoms. The Kier molecular flexibility index (Phi) is 8.74. The molecule has 0 aromatic heterocycles. The Labute approximate surface area is 236 Å². The maximum absolute atomic E-state index is 13.4. The van der Waals surface area contributed by atoms with Crippen LogP contribution in [0.2, 0.25) is 10.0 Å². The molecule has 3 aromatic carbocycles. The second kappa shape index (κ2) is 12.2. The summed E-state index contributed by atoms with van der Waals surface area (Å²) >= 11 is 12.2. The molecule has 3 aromatic rings. The molecule has 0 atom stereocenters. The number of imide groups is 2. The van der Waals surface area contributed by atoms with Crippen LogP contribution >= 0.6 is 23.2 Å². The molecule has 1 aliphatic heterocycles. The molecule has 1 N–H and O–H groups in total. The minimum absolute atomic E-state index is 0.186. The van der Waals surface area contributed by atoms with Crippen molar-refractivity contribution < 1.29 is 23.9 Å². The van der Waals surface area contributed by atoms with E-state index in [0.29, 0.717) is 51.4 Å². The number of nitrogens with one attached hydrogen (secondary N) is 1. The summed E-state index contributed by atoms with van der Waals surface area (Å²) in [4.78, 5) is 39.7. The zero-order chi connectivity index (χ0) is 28.1. The lowest BCUT2D eigenvalue weighted by Gasteiger charge is -2.27. The van der Waals surface area contributed by atoms with Gasteiger partial charge in [-0.1, -0.05) is 53.5 Å². The number of benzene rings is 3. The largest absolute Gasteiger partial charge is 0.490 e. The first kappa shape index (κ1) is 28.0. The highest BCUT2D eigenvalue weighted by Gasteiger charge is 2.37. The summed E-state index contributed by atoms with van der Waals surface area (Å²) in [6, 6.07) is 14.9. The first-order chi connectivity index (χ1) is 18.7. The van der Waals surface area contributed by atoms with Crippen molar-refractivity contribution in [2.24, 2.45) is 0 Å². The Morgan fingerprint density at radius 2 is 1.77 bits per heavy atom. The van der Waals surface area contributed by atoms with Gasteiger partial charge in [0.05, 0.1) is 22.3 Å². The fourth-order valence-corrected chi connectivity index (χ4v) is 4.46. The highest BCUT2D eigenvalue weighted by molar-refractivity contribution is 6.42. The number of amides is 4. The van der Waals surface area contributed by atoms with Crippen molar-refractivity contribution in [3.05, 3.63) is 105 Å². The molecule has 7 nitrogen and oxygen atoms in total. The molecule has 200 valence electrons. The van der Waals surface area contributed by atoms with Gasteiger partial charge in [0.15, 0.2) is 11.5 Å². The normalized spacial score (nSPS) is 14.4. The van der Waals surface area contributed by atoms with E-state index in [1.807, 2.05) is 13.0 Å². The van der Waals surface area contributed by atoms with Crippen LogP contribution in [0.3, 0.4) is 0 Å². The summed E-state index contributed by atoms with van der Waals surface area (Å²) in [6.07, 6.45) is 3.58. The van der Waals surface area contributed by atoms with Crippen molar-refractivity contribution in [3.8, 4) is 11.5 Å². The van der Waals surface area contributed by atoms with Gasteiger partial charge in [-0.3, -0.25) is 14.9 Å². The van der Waals surface area contributed by atoms with Crippen molar-refractivity contribution in [3.63, 3.8) is 0 Å². The molecule has 1 saturated heterocycles.